The van der Waals surface area contributed by atoms with Crippen LogP contribution in [0.2, 0.25) is 0 Å². The second kappa shape index (κ2) is 9.04. The molecule has 3 aromatic carbocycles. The van der Waals surface area contributed by atoms with Crippen molar-refractivity contribution in [3.63, 3.8) is 0 Å². The zero-order chi connectivity index (χ0) is 28.3. The minimum absolute atomic E-state index is 0.0592. The summed E-state index contributed by atoms with van der Waals surface area (Å²) in [7, 11) is 0. The van der Waals surface area contributed by atoms with E-state index in [1.807, 2.05) is 0 Å². The molecule has 0 spiro atoms. The molecule has 0 bridgehead atoms. The molecular formula is C28H21F7NO2+. The lowest BCUT2D eigenvalue weighted by Gasteiger charge is -2.34. The van der Waals surface area contributed by atoms with Crippen LogP contribution in [-0.4, -0.2) is 24.2 Å². The van der Waals surface area contributed by atoms with Gasteiger partial charge in [0.2, 0.25) is 0 Å². The third kappa shape index (κ3) is 3.93. The van der Waals surface area contributed by atoms with E-state index in [1.165, 1.54) is 43.3 Å². The van der Waals surface area contributed by atoms with Gasteiger partial charge in [-0.3, -0.25) is 0 Å². The van der Waals surface area contributed by atoms with Gasteiger partial charge in [0, 0.05) is 22.3 Å². The molecule has 2 radical (unpaired) electrons. The van der Waals surface area contributed by atoms with Crippen molar-refractivity contribution in [3.05, 3.63) is 107 Å². The summed E-state index contributed by atoms with van der Waals surface area (Å²) in [5.74, 6) is -1.41. The van der Waals surface area contributed by atoms with E-state index < -0.39 is 39.9 Å². The fourth-order valence-electron chi connectivity index (χ4n) is 5.04. The molecule has 198 valence electrons. The Bertz CT molecular complexity index is 1370. The van der Waals surface area contributed by atoms with Crippen molar-refractivity contribution in [2.45, 2.75) is 44.8 Å². The van der Waals surface area contributed by atoms with Gasteiger partial charge in [-0.25, -0.2) is 14.0 Å². The standard InChI is InChI=1S/C28H21F7NO2/c1-4-19-14-20(26(29,27(30,31)32)28(33,34)35)13-17(3)23(19)36(15-18-11-9-16(2)10-12-18)24(37)21-7-5-6-8-22(21)25(36)38/h2,5-14H,4,15H2,1,3H3/q+1. The van der Waals surface area contributed by atoms with Crippen LogP contribution in [0, 0.1) is 13.8 Å². The number of quaternary nitrogens is 1. The first-order chi connectivity index (χ1) is 17.6. The zero-order valence-electron chi connectivity index (χ0n) is 20.2. The molecule has 0 unspecified atom stereocenters. The average molecular weight is 536 g/mol. The number of aryl methyl sites for hydroxylation is 2. The van der Waals surface area contributed by atoms with Crippen molar-refractivity contribution in [1.82, 2.24) is 4.48 Å². The number of carbonyl (C=O) groups is 2. The monoisotopic (exact) mass is 536 g/mol. The maximum absolute atomic E-state index is 15.0. The molecule has 0 atom stereocenters. The Hall–Kier alpha value is -3.53. The highest BCUT2D eigenvalue weighted by Gasteiger charge is 2.73. The lowest BCUT2D eigenvalue weighted by molar-refractivity contribution is -0.348. The number of hydrogen-bond donors (Lipinski definition) is 0. The van der Waals surface area contributed by atoms with E-state index >= 15 is 0 Å². The largest absolute Gasteiger partial charge is 0.435 e. The molecule has 3 nitrogen and oxygen atoms in total. The van der Waals surface area contributed by atoms with Gasteiger partial charge in [0.1, 0.15) is 6.54 Å². The highest BCUT2D eigenvalue weighted by molar-refractivity contribution is 6.30. The van der Waals surface area contributed by atoms with Gasteiger partial charge in [0.25, 0.3) is 0 Å². The van der Waals surface area contributed by atoms with Crippen LogP contribution in [0.15, 0.2) is 60.7 Å². The number of hydrogen-bond acceptors (Lipinski definition) is 2. The first-order valence-electron chi connectivity index (χ1n) is 11.5. The summed E-state index contributed by atoms with van der Waals surface area (Å²) in [5.41, 5.74) is -6.89. The zero-order valence-corrected chi connectivity index (χ0v) is 20.2. The summed E-state index contributed by atoms with van der Waals surface area (Å²) in [4.78, 5) is 27.8. The average Bonchev–Trinajstić information content (AvgIpc) is 3.05. The van der Waals surface area contributed by atoms with Crippen LogP contribution in [0.1, 0.15) is 55.5 Å². The number of fused-ring (bicyclic) bond motifs is 1. The fourth-order valence-corrected chi connectivity index (χ4v) is 5.04. The van der Waals surface area contributed by atoms with E-state index in [0.29, 0.717) is 23.3 Å². The van der Waals surface area contributed by atoms with Crippen LogP contribution in [0.25, 0.3) is 0 Å². The molecule has 1 heterocycles. The third-order valence-corrected chi connectivity index (χ3v) is 6.80. The van der Waals surface area contributed by atoms with Gasteiger partial charge in [-0.15, -0.1) is 0 Å². The molecule has 0 fully saturated rings. The molecule has 1 aliphatic heterocycles. The highest BCUT2D eigenvalue weighted by Crippen LogP contribution is 2.54. The lowest BCUT2D eigenvalue weighted by atomic mass is 9.88. The van der Waals surface area contributed by atoms with Crippen molar-refractivity contribution in [2.24, 2.45) is 0 Å². The van der Waals surface area contributed by atoms with Crippen LogP contribution in [0.3, 0.4) is 0 Å². The van der Waals surface area contributed by atoms with Crippen molar-refractivity contribution in [1.29, 1.82) is 0 Å². The first kappa shape index (κ1) is 27.5. The van der Waals surface area contributed by atoms with Crippen LogP contribution < -0.4 is 4.48 Å². The normalized spacial score (nSPS) is 15.6. The molecule has 1 aliphatic rings. The first-order valence-corrected chi connectivity index (χ1v) is 11.5. The van der Waals surface area contributed by atoms with Crippen molar-refractivity contribution in [2.75, 3.05) is 0 Å². The van der Waals surface area contributed by atoms with Gasteiger partial charge in [0.05, 0.1) is 11.1 Å². The second-order valence-corrected chi connectivity index (χ2v) is 9.17. The maximum Gasteiger partial charge on any atom is 0.435 e. The van der Waals surface area contributed by atoms with E-state index in [1.54, 1.807) is 12.1 Å². The molecule has 38 heavy (non-hydrogen) atoms. The number of rotatable bonds is 5. The topological polar surface area (TPSA) is 34.1 Å². The smallest absolute Gasteiger partial charge is 0.224 e. The molecule has 2 amide bonds. The van der Waals surface area contributed by atoms with Crippen LogP contribution in [-0.2, 0) is 18.6 Å². The number of imide groups is 1. The summed E-state index contributed by atoms with van der Waals surface area (Å²) >= 11 is 0. The SMILES string of the molecule is [CH]c1ccc(C[N+]2(c3c(C)cc(C(F)(C(F)(F)F)C(F)(F)F)cc3CC)C(=O)c3ccccc3C2=O)cc1. The minimum Gasteiger partial charge on any atom is -0.224 e. The lowest BCUT2D eigenvalue weighted by Crippen LogP contribution is -2.54. The number of halogens is 7. The Morgan fingerprint density at radius 2 is 1.29 bits per heavy atom. The third-order valence-electron chi connectivity index (χ3n) is 6.80. The Morgan fingerprint density at radius 3 is 1.74 bits per heavy atom. The Labute approximate surface area is 214 Å². The fraction of sp³-hybridized carbons (Fsp3) is 0.250. The second-order valence-electron chi connectivity index (χ2n) is 9.17. The maximum atomic E-state index is 15.0. The Balaban J connectivity index is 2.04. The quantitative estimate of drug-likeness (QED) is 0.193. The number of nitrogens with zero attached hydrogens (tertiary/aromatic N) is 1. The Kier molecular flexibility index (Phi) is 6.54. The molecule has 0 saturated carbocycles. The van der Waals surface area contributed by atoms with Crippen molar-refractivity contribution >= 4 is 17.5 Å². The molecule has 0 aromatic heterocycles. The molecule has 3 aromatic rings. The van der Waals surface area contributed by atoms with E-state index in [9.17, 15) is 40.3 Å². The predicted molar refractivity (Wildman–Crippen MR) is 126 cm³/mol. The van der Waals surface area contributed by atoms with Gasteiger partial charge in [-0.2, -0.15) is 30.8 Å². The molecule has 4 rings (SSSR count). The van der Waals surface area contributed by atoms with E-state index in [4.69, 9.17) is 6.92 Å². The van der Waals surface area contributed by atoms with Crippen LogP contribution in [0.4, 0.5) is 36.4 Å². The summed E-state index contributed by atoms with van der Waals surface area (Å²) < 4.78 is 95.2. The number of alkyl halides is 7. The minimum atomic E-state index is -6.31. The van der Waals surface area contributed by atoms with Crippen molar-refractivity contribution in [3.8, 4) is 0 Å². The Morgan fingerprint density at radius 1 is 0.789 bits per heavy atom. The number of amides is 2. The van der Waals surface area contributed by atoms with E-state index in [-0.39, 0.29) is 40.9 Å². The van der Waals surface area contributed by atoms with Gasteiger partial charge < -0.3 is 0 Å². The molecular weight excluding hydrogens is 515 g/mol. The summed E-state index contributed by atoms with van der Waals surface area (Å²) in [6.07, 6.45) is -12.8. The van der Waals surface area contributed by atoms with E-state index in [2.05, 4.69) is 0 Å². The summed E-state index contributed by atoms with van der Waals surface area (Å²) in [6, 6.07) is 13.0. The van der Waals surface area contributed by atoms with Crippen LogP contribution in [0.5, 0.6) is 0 Å². The molecule has 0 aliphatic carbocycles. The van der Waals surface area contributed by atoms with Gasteiger partial charge in [-0.05, 0) is 50.1 Å². The van der Waals surface area contributed by atoms with Crippen molar-refractivity contribution < 1.29 is 40.3 Å². The molecule has 0 N–H and O–H groups in total. The van der Waals surface area contributed by atoms with Crippen LogP contribution >= 0.6 is 0 Å². The van der Waals surface area contributed by atoms with Gasteiger partial charge in [0.15, 0.2) is 5.69 Å². The molecule has 10 heteroatoms. The predicted octanol–water partition coefficient (Wildman–Crippen LogP) is 7.41. The van der Waals surface area contributed by atoms with Gasteiger partial charge >= 0.3 is 29.8 Å². The number of benzene rings is 3. The summed E-state index contributed by atoms with van der Waals surface area (Å²) in [5, 5.41) is 0. The summed E-state index contributed by atoms with van der Waals surface area (Å²) in [6.45, 7) is 8.04. The van der Waals surface area contributed by atoms with Gasteiger partial charge in [-0.1, -0.05) is 43.3 Å². The van der Waals surface area contributed by atoms with E-state index in [0.717, 1.165) is 6.92 Å². The molecule has 0 saturated heterocycles. The number of carbonyl (C=O) groups excluding carboxylic acids is 2. The highest BCUT2D eigenvalue weighted by atomic mass is 19.4.